The molecule has 1 aliphatic carbocycles. The molecule has 1 amide bonds. The predicted octanol–water partition coefficient (Wildman–Crippen LogP) is 3.61. The highest BCUT2D eigenvalue weighted by molar-refractivity contribution is 5.94. The third-order valence-corrected chi connectivity index (χ3v) is 4.13. The van der Waals surface area contributed by atoms with Gasteiger partial charge in [0.15, 0.2) is 0 Å². The van der Waals surface area contributed by atoms with Crippen molar-refractivity contribution in [3.8, 4) is 0 Å². The zero-order chi connectivity index (χ0) is 18.4. The van der Waals surface area contributed by atoms with E-state index in [0.717, 1.165) is 12.1 Å². The minimum atomic E-state index is -4.39. The first-order valence-corrected chi connectivity index (χ1v) is 8.07. The van der Waals surface area contributed by atoms with E-state index >= 15 is 0 Å². The number of alkyl halides is 3. The Morgan fingerprint density at radius 1 is 1.12 bits per heavy atom. The molecule has 1 aromatic rings. The van der Waals surface area contributed by atoms with Crippen molar-refractivity contribution in [3.63, 3.8) is 0 Å². The van der Waals surface area contributed by atoms with Gasteiger partial charge in [-0.3, -0.25) is 9.59 Å². The second-order valence-corrected chi connectivity index (χ2v) is 5.97. The van der Waals surface area contributed by atoms with Gasteiger partial charge in [-0.25, -0.2) is 4.39 Å². The lowest BCUT2D eigenvalue weighted by Crippen LogP contribution is -2.39. The van der Waals surface area contributed by atoms with Crippen LogP contribution >= 0.6 is 0 Å². The van der Waals surface area contributed by atoms with Gasteiger partial charge >= 0.3 is 12.1 Å². The van der Waals surface area contributed by atoms with Crippen LogP contribution < -0.4 is 5.32 Å². The van der Waals surface area contributed by atoms with Gasteiger partial charge in [0.05, 0.1) is 12.3 Å². The van der Waals surface area contributed by atoms with Crippen LogP contribution in [0.2, 0.25) is 0 Å². The zero-order valence-electron chi connectivity index (χ0n) is 13.4. The van der Waals surface area contributed by atoms with E-state index < -0.39 is 35.9 Å². The summed E-state index contributed by atoms with van der Waals surface area (Å²) in [6.07, 6.45) is -4.57. The minimum absolute atomic E-state index is 0.0389. The van der Waals surface area contributed by atoms with Crippen molar-refractivity contribution in [2.24, 2.45) is 5.92 Å². The number of carbonyl (C=O) groups excluding carboxylic acids is 2. The maximum atomic E-state index is 12.9. The predicted molar refractivity (Wildman–Crippen MR) is 81.2 cm³/mol. The van der Waals surface area contributed by atoms with E-state index in [-0.39, 0.29) is 31.4 Å². The maximum absolute atomic E-state index is 12.9. The van der Waals surface area contributed by atoms with Crippen LogP contribution in [0.5, 0.6) is 0 Å². The molecule has 25 heavy (non-hydrogen) atoms. The molecule has 0 aromatic heterocycles. The van der Waals surface area contributed by atoms with Gasteiger partial charge in [-0.2, -0.15) is 13.2 Å². The molecule has 0 radical (unpaired) electrons. The molecule has 2 rings (SSSR count). The van der Waals surface area contributed by atoms with Crippen LogP contribution in [0.3, 0.4) is 0 Å². The Morgan fingerprint density at radius 2 is 1.76 bits per heavy atom. The molecule has 1 aromatic carbocycles. The molecule has 0 saturated heterocycles. The largest absolute Gasteiger partial charge is 0.462 e. The third kappa shape index (κ3) is 5.72. The van der Waals surface area contributed by atoms with Crippen LogP contribution in [0.25, 0.3) is 0 Å². The summed E-state index contributed by atoms with van der Waals surface area (Å²) in [5.74, 6) is -3.38. The summed E-state index contributed by atoms with van der Waals surface area (Å²) in [7, 11) is 0. The SMILES string of the molecule is O=C(CCNC(=O)c1ccc(F)cc1)O[C@@H]1CCCC[C@H]1C(F)(F)F. The Bertz CT molecular complexity index is 601. The van der Waals surface area contributed by atoms with Gasteiger partial charge in [0.25, 0.3) is 5.91 Å². The van der Waals surface area contributed by atoms with Gasteiger partial charge < -0.3 is 10.1 Å². The second-order valence-electron chi connectivity index (χ2n) is 5.97. The molecule has 0 aliphatic heterocycles. The van der Waals surface area contributed by atoms with Crippen molar-refractivity contribution < 1.29 is 31.9 Å². The van der Waals surface area contributed by atoms with Gasteiger partial charge in [0.1, 0.15) is 11.9 Å². The maximum Gasteiger partial charge on any atom is 0.395 e. The quantitative estimate of drug-likeness (QED) is 0.644. The van der Waals surface area contributed by atoms with Crippen molar-refractivity contribution in [2.45, 2.75) is 44.4 Å². The molecule has 0 bridgehead atoms. The normalized spacial score (nSPS) is 20.8. The molecule has 4 nitrogen and oxygen atoms in total. The lowest BCUT2D eigenvalue weighted by Gasteiger charge is -2.32. The molecule has 8 heteroatoms. The summed E-state index contributed by atoms with van der Waals surface area (Å²) in [5, 5.41) is 2.44. The van der Waals surface area contributed by atoms with Gasteiger partial charge in [-0.05, 0) is 43.5 Å². The number of amides is 1. The molecule has 0 unspecified atom stereocenters. The first-order chi connectivity index (χ1) is 11.8. The first-order valence-electron chi connectivity index (χ1n) is 8.07. The van der Waals surface area contributed by atoms with E-state index in [1.54, 1.807) is 0 Å². The highest BCUT2D eigenvalue weighted by atomic mass is 19.4. The summed E-state index contributed by atoms with van der Waals surface area (Å²) in [6, 6.07) is 4.84. The minimum Gasteiger partial charge on any atom is -0.462 e. The Balaban J connectivity index is 1.78. The highest BCUT2D eigenvalue weighted by Crippen LogP contribution is 2.39. The number of hydrogen-bond acceptors (Lipinski definition) is 3. The van der Waals surface area contributed by atoms with E-state index in [2.05, 4.69) is 5.32 Å². The molecular formula is C17H19F4NO3. The van der Waals surface area contributed by atoms with Crippen LogP contribution in [-0.2, 0) is 9.53 Å². The Morgan fingerprint density at radius 3 is 2.40 bits per heavy atom. The van der Waals surface area contributed by atoms with E-state index in [4.69, 9.17) is 4.74 Å². The van der Waals surface area contributed by atoms with E-state index in [0.29, 0.717) is 12.8 Å². The fraction of sp³-hybridized carbons (Fsp3) is 0.529. The van der Waals surface area contributed by atoms with Crippen LogP contribution in [-0.4, -0.2) is 30.7 Å². The van der Waals surface area contributed by atoms with Crippen molar-refractivity contribution in [2.75, 3.05) is 6.54 Å². The standard InChI is InChI=1S/C17H19F4NO3/c18-12-7-5-11(6-8-12)16(24)22-10-9-15(23)25-14-4-2-1-3-13(14)17(19,20)21/h5-8,13-14H,1-4,9-10H2,(H,22,24)/t13-,14-/m1/s1. The number of benzene rings is 1. The second kappa shape index (κ2) is 8.31. The number of hydrogen-bond donors (Lipinski definition) is 1. The van der Waals surface area contributed by atoms with E-state index in [1.807, 2.05) is 0 Å². The Labute approximate surface area is 142 Å². The number of ether oxygens (including phenoxy) is 1. The van der Waals surface area contributed by atoms with Gasteiger partial charge in [0.2, 0.25) is 0 Å². The van der Waals surface area contributed by atoms with Crippen molar-refractivity contribution >= 4 is 11.9 Å². The average molecular weight is 361 g/mol. The fourth-order valence-electron chi connectivity index (χ4n) is 2.82. The lowest BCUT2D eigenvalue weighted by atomic mass is 9.86. The van der Waals surface area contributed by atoms with Crippen LogP contribution in [0.4, 0.5) is 17.6 Å². The molecule has 138 valence electrons. The summed E-state index contributed by atoms with van der Waals surface area (Å²) in [6.45, 7) is -0.0710. The van der Waals surface area contributed by atoms with Crippen LogP contribution in [0.15, 0.2) is 24.3 Å². The number of carbonyl (C=O) groups is 2. The zero-order valence-corrected chi connectivity index (χ0v) is 13.4. The third-order valence-electron chi connectivity index (χ3n) is 4.13. The number of esters is 1. The summed E-state index contributed by atoms with van der Waals surface area (Å²) in [5.41, 5.74) is 0.221. The lowest BCUT2D eigenvalue weighted by molar-refractivity contribution is -0.216. The number of nitrogens with one attached hydrogen (secondary N) is 1. The van der Waals surface area contributed by atoms with Gasteiger partial charge in [-0.15, -0.1) is 0 Å². The van der Waals surface area contributed by atoms with Crippen LogP contribution in [0, 0.1) is 11.7 Å². The molecular weight excluding hydrogens is 342 g/mol. The topological polar surface area (TPSA) is 55.4 Å². The summed E-state index contributed by atoms with van der Waals surface area (Å²) < 4.78 is 56.6. The summed E-state index contributed by atoms with van der Waals surface area (Å²) in [4.78, 5) is 23.5. The number of halogens is 4. The highest BCUT2D eigenvalue weighted by Gasteiger charge is 2.47. The molecule has 2 atom stereocenters. The molecule has 1 saturated carbocycles. The fourth-order valence-corrected chi connectivity index (χ4v) is 2.82. The van der Waals surface area contributed by atoms with E-state index in [1.165, 1.54) is 12.1 Å². The molecule has 1 fully saturated rings. The van der Waals surface area contributed by atoms with Crippen LogP contribution in [0.1, 0.15) is 42.5 Å². The van der Waals surface area contributed by atoms with E-state index in [9.17, 15) is 27.2 Å². The molecule has 1 N–H and O–H groups in total. The average Bonchev–Trinajstić information content (AvgIpc) is 2.55. The first kappa shape index (κ1) is 19.2. The summed E-state index contributed by atoms with van der Waals surface area (Å²) >= 11 is 0. The smallest absolute Gasteiger partial charge is 0.395 e. The van der Waals surface area contributed by atoms with Crippen molar-refractivity contribution in [3.05, 3.63) is 35.6 Å². The Hall–Kier alpha value is -2.12. The van der Waals surface area contributed by atoms with Gasteiger partial charge in [-0.1, -0.05) is 6.42 Å². The van der Waals surface area contributed by atoms with Gasteiger partial charge in [0, 0.05) is 12.1 Å². The monoisotopic (exact) mass is 361 g/mol. The Kier molecular flexibility index (Phi) is 6.39. The molecule has 1 aliphatic rings. The molecule has 0 heterocycles. The number of rotatable bonds is 5. The molecule has 0 spiro atoms. The van der Waals surface area contributed by atoms with Crippen molar-refractivity contribution in [1.82, 2.24) is 5.32 Å². The van der Waals surface area contributed by atoms with Crippen molar-refractivity contribution in [1.29, 1.82) is 0 Å².